The second-order valence-electron chi connectivity index (χ2n) is 4.22. The quantitative estimate of drug-likeness (QED) is 0.768. The average molecular weight is 237 g/mol. The van der Waals surface area contributed by atoms with Crippen molar-refractivity contribution >= 4 is 5.91 Å². The van der Waals surface area contributed by atoms with Crippen LogP contribution in [0.5, 0.6) is 5.75 Å². The van der Waals surface area contributed by atoms with E-state index in [9.17, 15) is 9.59 Å². The van der Waals surface area contributed by atoms with Crippen molar-refractivity contribution < 1.29 is 13.9 Å². The Bertz CT molecular complexity index is 480. The van der Waals surface area contributed by atoms with E-state index in [1.54, 1.807) is 24.8 Å². The molecule has 2 rings (SSSR count). The number of nitrogens with zero attached hydrogens (tertiary/aromatic N) is 1. The molecule has 1 aromatic rings. The highest BCUT2D eigenvalue weighted by atomic mass is 16.5. The highest BCUT2D eigenvalue weighted by Crippen LogP contribution is 2.18. The lowest BCUT2D eigenvalue weighted by Crippen LogP contribution is -2.28. The second kappa shape index (κ2) is 4.61. The molecule has 0 bridgehead atoms. The molecule has 0 aliphatic carbocycles. The summed E-state index contributed by atoms with van der Waals surface area (Å²) in [6, 6.07) is 3.00. The van der Waals surface area contributed by atoms with Crippen molar-refractivity contribution in [1.29, 1.82) is 0 Å². The summed E-state index contributed by atoms with van der Waals surface area (Å²) in [5.41, 5.74) is -0.415. The van der Waals surface area contributed by atoms with Gasteiger partial charge in [0.2, 0.25) is 5.91 Å². The van der Waals surface area contributed by atoms with E-state index in [1.165, 1.54) is 6.07 Å². The lowest BCUT2D eigenvalue weighted by Gasteiger charge is -2.15. The maximum Gasteiger partial charge on any atom is 0.339 e. The van der Waals surface area contributed by atoms with E-state index in [0.29, 0.717) is 24.6 Å². The lowest BCUT2D eigenvalue weighted by molar-refractivity contribution is -0.128. The zero-order valence-corrected chi connectivity index (χ0v) is 9.93. The molecule has 1 fully saturated rings. The van der Waals surface area contributed by atoms with Gasteiger partial charge < -0.3 is 14.1 Å². The monoisotopic (exact) mass is 237 g/mol. The molecule has 0 saturated carbocycles. The van der Waals surface area contributed by atoms with Crippen molar-refractivity contribution in [1.82, 2.24) is 4.90 Å². The maximum atomic E-state index is 11.2. The van der Waals surface area contributed by atoms with Crippen LogP contribution in [0.15, 0.2) is 21.3 Å². The summed E-state index contributed by atoms with van der Waals surface area (Å²) in [5.74, 6) is 1.09. The van der Waals surface area contributed by atoms with E-state index in [2.05, 4.69) is 0 Å². The first kappa shape index (κ1) is 11.7. The second-order valence-corrected chi connectivity index (χ2v) is 4.22. The number of hydrogen-bond donors (Lipinski definition) is 0. The topological polar surface area (TPSA) is 59.8 Å². The first-order valence-corrected chi connectivity index (χ1v) is 5.58. The molecule has 1 aromatic heterocycles. The predicted molar refractivity (Wildman–Crippen MR) is 61.0 cm³/mol. The van der Waals surface area contributed by atoms with Crippen LogP contribution < -0.4 is 10.4 Å². The molecule has 5 nitrogen and oxygen atoms in total. The van der Waals surface area contributed by atoms with E-state index < -0.39 is 5.63 Å². The fourth-order valence-corrected chi connectivity index (χ4v) is 1.95. The van der Waals surface area contributed by atoms with E-state index in [4.69, 9.17) is 9.15 Å². The number of hydrogen-bond acceptors (Lipinski definition) is 4. The van der Waals surface area contributed by atoms with Crippen LogP contribution in [-0.4, -0.2) is 30.0 Å². The van der Waals surface area contributed by atoms with Crippen LogP contribution in [-0.2, 0) is 4.79 Å². The van der Waals surface area contributed by atoms with Gasteiger partial charge in [-0.05, 0) is 6.92 Å². The van der Waals surface area contributed by atoms with Crippen LogP contribution in [0.1, 0.15) is 19.1 Å². The number of aryl methyl sites for hydroxylation is 1. The average Bonchev–Trinajstić information content (AvgIpc) is 2.64. The van der Waals surface area contributed by atoms with Gasteiger partial charge in [0.1, 0.15) is 17.6 Å². The first-order chi connectivity index (χ1) is 8.04. The van der Waals surface area contributed by atoms with E-state index in [0.717, 1.165) is 6.42 Å². The Balaban J connectivity index is 2.02. The molecule has 1 aliphatic heterocycles. The van der Waals surface area contributed by atoms with E-state index in [-0.39, 0.29) is 12.0 Å². The van der Waals surface area contributed by atoms with Gasteiger partial charge in [0, 0.05) is 26.0 Å². The van der Waals surface area contributed by atoms with Crippen LogP contribution >= 0.6 is 0 Å². The summed E-state index contributed by atoms with van der Waals surface area (Å²) in [7, 11) is 0. The molecule has 1 aliphatic rings. The largest absolute Gasteiger partial charge is 0.488 e. The molecule has 2 heterocycles. The van der Waals surface area contributed by atoms with Crippen molar-refractivity contribution in [2.75, 3.05) is 13.1 Å². The number of likely N-dealkylation sites (tertiary alicyclic amines) is 1. The van der Waals surface area contributed by atoms with Crippen LogP contribution in [0.2, 0.25) is 0 Å². The summed E-state index contributed by atoms with van der Waals surface area (Å²) in [5, 5.41) is 0. The van der Waals surface area contributed by atoms with Gasteiger partial charge in [0.05, 0.1) is 12.6 Å². The van der Waals surface area contributed by atoms with Gasteiger partial charge in [-0.25, -0.2) is 4.79 Å². The molecule has 1 amide bonds. The summed E-state index contributed by atoms with van der Waals surface area (Å²) >= 11 is 0. The third-order valence-electron chi connectivity index (χ3n) is 2.76. The van der Waals surface area contributed by atoms with Crippen molar-refractivity contribution in [3.63, 3.8) is 0 Å². The smallest absolute Gasteiger partial charge is 0.339 e. The Morgan fingerprint density at radius 3 is 2.88 bits per heavy atom. The molecular weight excluding hydrogens is 222 g/mol. The highest BCUT2D eigenvalue weighted by molar-refractivity contribution is 5.73. The zero-order valence-electron chi connectivity index (χ0n) is 9.93. The minimum absolute atomic E-state index is 0.0416. The standard InChI is InChI=1S/C12H15NO4/c1-8-5-11(6-12(15)16-8)17-10-3-4-13(7-10)9(2)14/h5-6,10H,3-4,7H2,1-2H3. The molecule has 5 heteroatoms. The summed E-state index contributed by atoms with van der Waals surface area (Å²) in [4.78, 5) is 24.0. The predicted octanol–water partition coefficient (Wildman–Crippen LogP) is 0.948. The molecule has 0 spiro atoms. The van der Waals surface area contributed by atoms with Gasteiger partial charge >= 0.3 is 5.63 Å². The Labute approximate surface area is 99.0 Å². The molecule has 0 radical (unpaired) electrons. The highest BCUT2D eigenvalue weighted by Gasteiger charge is 2.25. The normalized spacial score (nSPS) is 19.4. The maximum absolute atomic E-state index is 11.2. The van der Waals surface area contributed by atoms with Crippen molar-refractivity contribution in [2.45, 2.75) is 26.4 Å². The minimum Gasteiger partial charge on any atom is -0.488 e. The van der Waals surface area contributed by atoms with Gasteiger partial charge in [0.15, 0.2) is 0 Å². The summed E-state index contributed by atoms with van der Waals surface area (Å²) in [6.45, 7) is 4.53. The molecule has 1 atom stereocenters. The van der Waals surface area contributed by atoms with Crippen molar-refractivity contribution in [3.05, 3.63) is 28.3 Å². The SMILES string of the molecule is CC(=O)N1CCC(Oc2cc(C)oc(=O)c2)C1. The molecule has 1 unspecified atom stereocenters. The third-order valence-corrected chi connectivity index (χ3v) is 2.76. The lowest BCUT2D eigenvalue weighted by atomic mass is 10.3. The Kier molecular flexibility index (Phi) is 3.17. The van der Waals surface area contributed by atoms with Gasteiger partial charge in [0.25, 0.3) is 0 Å². The van der Waals surface area contributed by atoms with Gasteiger partial charge in [-0.3, -0.25) is 4.79 Å². The fraction of sp³-hybridized carbons (Fsp3) is 0.500. The molecule has 92 valence electrons. The Morgan fingerprint density at radius 1 is 1.53 bits per heavy atom. The number of ether oxygens (including phenoxy) is 1. The molecule has 1 saturated heterocycles. The van der Waals surface area contributed by atoms with Crippen LogP contribution in [0.4, 0.5) is 0 Å². The number of carbonyl (C=O) groups is 1. The van der Waals surface area contributed by atoms with Crippen molar-refractivity contribution in [3.8, 4) is 5.75 Å². The van der Waals surface area contributed by atoms with Crippen LogP contribution in [0.25, 0.3) is 0 Å². The number of rotatable bonds is 2. The molecular formula is C12H15NO4. The van der Waals surface area contributed by atoms with E-state index >= 15 is 0 Å². The summed E-state index contributed by atoms with van der Waals surface area (Å²) in [6.07, 6.45) is 0.749. The third kappa shape index (κ3) is 2.87. The molecule has 0 aromatic carbocycles. The zero-order chi connectivity index (χ0) is 12.4. The van der Waals surface area contributed by atoms with Crippen molar-refractivity contribution in [2.24, 2.45) is 0 Å². The van der Waals surface area contributed by atoms with Crippen LogP contribution in [0, 0.1) is 6.92 Å². The van der Waals surface area contributed by atoms with Gasteiger partial charge in [-0.1, -0.05) is 0 Å². The number of amides is 1. The minimum atomic E-state index is -0.415. The molecule has 0 N–H and O–H groups in total. The Morgan fingerprint density at radius 2 is 2.29 bits per heavy atom. The Hall–Kier alpha value is -1.78. The van der Waals surface area contributed by atoms with Gasteiger partial charge in [-0.2, -0.15) is 0 Å². The first-order valence-electron chi connectivity index (χ1n) is 5.58. The fourth-order valence-electron chi connectivity index (χ4n) is 1.95. The van der Waals surface area contributed by atoms with Gasteiger partial charge in [-0.15, -0.1) is 0 Å². The van der Waals surface area contributed by atoms with Crippen LogP contribution in [0.3, 0.4) is 0 Å². The summed E-state index contributed by atoms with van der Waals surface area (Å²) < 4.78 is 10.5. The van der Waals surface area contributed by atoms with E-state index in [1.807, 2.05) is 0 Å². The number of carbonyl (C=O) groups excluding carboxylic acids is 1. The molecule has 17 heavy (non-hydrogen) atoms.